The summed E-state index contributed by atoms with van der Waals surface area (Å²) < 4.78 is 22.7. The van der Waals surface area contributed by atoms with E-state index in [1.807, 2.05) is 6.92 Å². The fourth-order valence-electron chi connectivity index (χ4n) is 1.29. The number of nitro groups is 1. The normalized spacial score (nSPS) is 14.1. The highest BCUT2D eigenvalue weighted by Crippen LogP contribution is 2.38. The molecule has 0 aliphatic rings. The molecule has 1 unspecified atom stereocenters. The molecule has 1 aromatic heterocycles. The van der Waals surface area contributed by atoms with Gasteiger partial charge in [0.05, 0.1) is 6.07 Å². The first-order valence-corrected chi connectivity index (χ1v) is 8.79. The van der Waals surface area contributed by atoms with Crippen molar-refractivity contribution in [3.8, 4) is 0 Å². The van der Waals surface area contributed by atoms with Gasteiger partial charge in [-0.15, -0.1) is 0 Å². The van der Waals surface area contributed by atoms with Gasteiger partial charge in [-0.25, -0.2) is 10.2 Å². The van der Waals surface area contributed by atoms with Crippen LogP contribution in [0.5, 0.6) is 0 Å². The maximum Gasteiger partial charge on any atom is 0.433 e. The molecule has 0 fully saturated rings. The first-order valence-electron chi connectivity index (χ1n) is 6.04. The van der Waals surface area contributed by atoms with E-state index in [1.54, 1.807) is 0 Å². The molecular weight excluding hydrogens is 353 g/mol. The van der Waals surface area contributed by atoms with Crippen LogP contribution in [0.2, 0.25) is 0 Å². The van der Waals surface area contributed by atoms with Gasteiger partial charge in [-0.05, 0) is 12.5 Å². The Morgan fingerprint density at radius 2 is 2.15 bits per heavy atom. The summed E-state index contributed by atoms with van der Waals surface area (Å²) in [6.45, 7) is 2.83. The van der Waals surface area contributed by atoms with Crippen LogP contribution in [0.4, 0.5) is 5.88 Å². The summed E-state index contributed by atoms with van der Waals surface area (Å²) in [6, 6.07) is 2.65. The van der Waals surface area contributed by atoms with Gasteiger partial charge < -0.3 is 4.42 Å². The second-order valence-electron chi connectivity index (χ2n) is 3.83. The maximum absolute atomic E-state index is 12.4. The van der Waals surface area contributed by atoms with Crippen molar-refractivity contribution >= 4 is 29.5 Å². The topological polar surface area (TPSA) is 107 Å². The minimum atomic E-state index is -3.19. The Kier molecular flexibility index (Phi) is 7.39. The fraction of sp³-hybridized carbons (Fsp3) is 0.600. The van der Waals surface area contributed by atoms with Gasteiger partial charge >= 0.3 is 13.6 Å². The third-order valence-corrected chi connectivity index (χ3v) is 4.37. The zero-order valence-electron chi connectivity index (χ0n) is 11.0. The number of hydrogen-bond acceptors (Lipinski definition) is 5. The quantitative estimate of drug-likeness (QED) is 0.282. The molecule has 1 rings (SSSR count). The summed E-state index contributed by atoms with van der Waals surface area (Å²) in [6.07, 6.45) is 0.801. The Balaban J connectivity index is 2.59. The third kappa shape index (κ3) is 5.72. The molecule has 8 nitrogen and oxygen atoms in total. The van der Waals surface area contributed by atoms with Crippen LogP contribution in [0.25, 0.3) is 0 Å². The lowest BCUT2D eigenvalue weighted by Crippen LogP contribution is -2.26. The maximum atomic E-state index is 12.4. The van der Waals surface area contributed by atoms with E-state index in [0.717, 1.165) is 6.42 Å². The monoisotopic (exact) mass is 369 g/mol. The molecule has 0 aliphatic carbocycles. The first-order chi connectivity index (χ1) is 9.50. The van der Waals surface area contributed by atoms with Crippen molar-refractivity contribution in [1.29, 1.82) is 0 Å². The molecule has 0 saturated heterocycles. The average molecular weight is 370 g/mol. The Morgan fingerprint density at radius 3 is 2.70 bits per heavy atom. The van der Waals surface area contributed by atoms with Gasteiger partial charge in [0.2, 0.25) is 0 Å². The summed E-state index contributed by atoms with van der Waals surface area (Å²) >= 11 is 3.23. The van der Waals surface area contributed by atoms with E-state index in [9.17, 15) is 14.7 Å². The molecule has 1 heterocycles. The largest absolute Gasteiger partial charge is 0.433 e. The molecule has 1 aromatic rings. The Bertz CT molecular complexity index is 469. The predicted molar refractivity (Wildman–Crippen MR) is 77.8 cm³/mol. The van der Waals surface area contributed by atoms with Crippen LogP contribution in [-0.2, 0) is 15.7 Å². The van der Waals surface area contributed by atoms with Crippen molar-refractivity contribution in [3.05, 3.63) is 28.0 Å². The highest BCUT2D eigenvalue weighted by atomic mass is 79.9. The molecule has 2 N–H and O–H groups in total. The van der Waals surface area contributed by atoms with E-state index >= 15 is 0 Å². The third-order valence-electron chi connectivity index (χ3n) is 2.20. The van der Waals surface area contributed by atoms with E-state index < -0.39 is 12.6 Å². The molecule has 0 amide bonds. The van der Waals surface area contributed by atoms with Crippen LogP contribution in [0.15, 0.2) is 16.5 Å². The van der Waals surface area contributed by atoms with Gasteiger partial charge in [-0.2, -0.15) is 0 Å². The van der Waals surface area contributed by atoms with Crippen LogP contribution < -0.4 is 10.2 Å². The summed E-state index contributed by atoms with van der Waals surface area (Å²) in [7, 11) is -3.19. The van der Waals surface area contributed by atoms with Crippen molar-refractivity contribution in [2.24, 2.45) is 0 Å². The average Bonchev–Trinajstić information content (AvgIpc) is 2.90. The predicted octanol–water partition coefficient (Wildman–Crippen LogP) is 2.80. The SMILES string of the molecule is CCCNP(=O)(NCCBr)OCc1ccc([N+](=O)[O-])o1. The zero-order valence-corrected chi connectivity index (χ0v) is 13.5. The van der Waals surface area contributed by atoms with Gasteiger partial charge in [-0.3, -0.25) is 19.2 Å². The molecule has 0 aromatic carbocycles. The Labute approximate surface area is 125 Å². The molecule has 10 heteroatoms. The molecule has 20 heavy (non-hydrogen) atoms. The Morgan fingerprint density at radius 1 is 1.45 bits per heavy atom. The lowest BCUT2D eigenvalue weighted by atomic mass is 10.5. The first kappa shape index (κ1) is 17.3. The minimum absolute atomic E-state index is 0.114. The number of nitrogens with zero attached hydrogens (tertiary/aromatic N) is 1. The molecule has 0 aliphatic heterocycles. The fourth-order valence-corrected chi connectivity index (χ4v) is 3.32. The number of hydrogen-bond donors (Lipinski definition) is 2. The zero-order chi connectivity index (χ0) is 15.0. The lowest BCUT2D eigenvalue weighted by Gasteiger charge is -2.19. The van der Waals surface area contributed by atoms with Gasteiger partial charge in [0, 0.05) is 18.4 Å². The lowest BCUT2D eigenvalue weighted by molar-refractivity contribution is -0.402. The van der Waals surface area contributed by atoms with E-state index in [1.165, 1.54) is 12.1 Å². The summed E-state index contributed by atoms with van der Waals surface area (Å²) in [5, 5.41) is 16.7. The Hall–Kier alpha value is -0.730. The van der Waals surface area contributed by atoms with Crippen LogP contribution in [0, 0.1) is 10.1 Å². The van der Waals surface area contributed by atoms with E-state index in [4.69, 9.17) is 8.94 Å². The molecule has 1 atom stereocenters. The highest BCUT2D eigenvalue weighted by Gasteiger charge is 2.22. The number of furan rings is 1. The van der Waals surface area contributed by atoms with Gasteiger partial charge in [0.1, 0.15) is 17.3 Å². The van der Waals surface area contributed by atoms with Crippen molar-refractivity contribution in [2.75, 3.05) is 18.4 Å². The van der Waals surface area contributed by atoms with Crippen LogP contribution in [0.3, 0.4) is 0 Å². The van der Waals surface area contributed by atoms with E-state index in [0.29, 0.717) is 18.4 Å². The second kappa shape index (κ2) is 8.53. The van der Waals surface area contributed by atoms with E-state index in [-0.39, 0.29) is 18.3 Å². The van der Waals surface area contributed by atoms with Gasteiger partial charge in [0.25, 0.3) is 0 Å². The van der Waals surface area contributed by atoms with Crippen LogP contribution >= 0.6 is 23.6 Å². The summed E-state index contributed by atoms with van der Waals surface area (Å²) in [5.41, 5.74) is 0. The molecule has 0 bridgehead atoms. The standard InChI is InChI=1S/C10H17BrN3O5P/c1-2-6-12-20(17,13-7-5-11)18-8-9-3-4-10(19-9)14(15)16/h3-4H,2,5-8H2,1H3,(H2,12,13,17). The van der Waals surface area contributed by atoms with Crippen molar-refractivity contribution in [2.45, 2.75) is 20.0 Å². The molecule has 0 spiro atoms. The number of alkyl halides is 1. The number of nitrogens with one attached hydrogen (secondary N) is 2. The molecule has 0 radical (unpaired) electrons. The molecule has 114 valence electrons. The molecule has 0 saturated carbocycles. The van der Waals surface area contributed by atoms with Crippen molar-refractivity contribution < 1.29 is 18.4 Å². The number of halogens is 1. The van der Waals surface area contributed by atoms with Crippen molar-refractivity contribution in [3.63, 3.8) is 0 Å². The minimum Gasteiger partial charge on any atom is -0.403 e. The number of rotatable bonds is 10. The smallest absolute Gasteiger partial charge is 0.403 e. The molecular formula is C10H17BrN3O5P. The van der Waals surface area contributed by atoms with Gasteiger partial charge in [0.15, 0.2) is 0 Å². The van der Waals surface area contributed by atoms with Gasteiger partial charge in [-0.1, -0.05) is 22.9 Å². The summed E-state index contributed by atoms with van der Waals surface area (Å²) in [4.78, 5) is 9.85. The van der Waals surface area contributed by atoms with Crippen LogP contribution in [-0.4, -0.2) is 23.3 Å². The highest BCUT2D eigenvalue weighted by molar-refractivity contribution is 9.09. The van der Waals surface area contributed by atoms with E-state index in [2.05, 4.69) is 26.1 Å². The second-order valence-corrected chi connectivity index (χ2v) is 6.61. The summed E-state index contributed by atoms with van der Waals surface area (Å²) in [5.74, 6) is -0.121. The van der Waals surface area contributed by atoms with Crippen molar-refractivity contribution in [1.82, 2.24) is 10.2 Å². The van der Waals surface area contributed by atoms with Crippen LogP contribution in [0.1, 0.15) is 19.1 Å².